The first-order valence-electron chi connectivity index (χ1n) is 9.48. The highest BCUT2D eigenvalue weighted by Crippen LogP contribution is 2.26. The molecule has 2 heterocycles. The van der Waals surface area contributed by atoms with E-state index in [1.807, 2.05) is 37.3 Å². The largest absolute Gasteiger partial charge is 0.367 e. The number of benzene rings is 2. The van der Waals surface area contributed by atoms with Gasteiger partial charge in [0, 0.05) is 19.5 Å². The van der Waals surface area contributed by atoms with E-state index in [1.165, 1.54) is 4.90 Å². The summed E-state index contributed by atoms with van der Waals surface area (Å²) >= 11 is 0. The molecule has 3 amide bonds. The minimum atomic E-state index is -0.328. The third kappa shape index (κ3) is 3.43. The average molecular weight is 378 g/mol. The van der Waals surface area contributed by atoms with Crippen LogP contribution in [0.4, 0.5) is 0 Å². The van der Waals surface area contributed by atoms with Crippen LogP contribution in [0.25, 0.3) is 0 Å². The summed E-state index contributed by atoms with van der Waals surface area (Å²) < 4.78 is 5.99. The molecular formula is C22H22N2O4. The molecule has 2 aromatic carbocycles. The second-order valence-electron chi connectivity index (χ2n) is 7.20. The van der Waals surface area contributed by atoms with Gasteiger partial charge in [0.2, 0.25) is 5.91 Å². The number of amides is 3. The summed E-state index contributed by atoms with van der Waals surface area (Å²) in [6.45, 7) is 3.01. The fraction of sp³-hybridized carbons (Fsp3) is 0.318. The Bertz CT molecular complexity index is 877. The van der Waals surface area contributed by atoms with Crippen LogP contribution in [-0.4, -0.2) is 53.3 Å². The molecule has 1 saturated heterocycles. The molecule has 2 aromatic rings. The van der Waals surface area contributed by atoms with E-state index >= 15 is 0 Å². The molecular weight excluding hydrogens is 356 g/mol. The zero-order valence-electron chi connectivity index (χ0n) is 15.7. The fourth-order valence-electron chi connectivity index (χ4n) is 3.81. The Morgan fingerprint density at radius 1 is 0.964 bits per heavy atom. The van der Waals surface area contributed by atoms with Gasteiger partial charge < -0.3 is 9.64 Å². The van der Waals surface area contributed by atoms with Crippen molar-refractivity contribution in [3.05, 3.63) is 71.3 Å². The molecule has 2 aliphatic rings. The molecule has 0 radical (unpaired) electrons. The predicted molar refractivity (Wildman–Crippen MR) is 103 cm³/mol. The lowest BCUT2D eigenvalue weighted by molar-refractivity contribution is -0.145. The number of rotatable bonds is 4. The molecule has 4 rings (SSSR count). The molecule has 6 heteroatoms. The Morgan fingerprint density at radius 3 is 2.21 bits per heavy atom. The summed E-state index contributed by atoms with van der Waals surface area (Å²) in [5, 5.41) is 0. The van der Waals surface area contributed by atoms with Crippen molar-refractivity contribution in [2.45, 2.75) is 25.6 Å². The summed E-state index contributed by atoms with van der Waals surface area (Å²) in [5.74, 6) is -0.732. The maximum atomic E-state index is 12.8. The Kier molecular flexibility index (Phi) is 4.96. The first-order chi connectivity index (χ1) is 13.5. The van der Waals surface area contributed by atoms with Gasteiger partial charge in [0.05, 0.1) is 23.8 Å². The molecule has 28 heavy (non-hydrogen) atoms. The van der Waals surface area contributed by atoms with Gasteiger partial charge in [-0.1, -0.05) is 42.5 Å². The van der Waals surface area contributed by atoms with Crippen molar-refractivity contribution in [3.63, 3.8) is 0 Å². The molecule has 0 aromatic heterocycles. The number of carbonyl (C=O) groups excluding carboxylic acids is 3. The summed E-state index contributed by atoms with van der Waals surface area (Å²) in [7, 11) is 0. The minimum absolute atomic E-state index is 0.0763. The van der Waals surface area contributed by atoms with Crippen LogP contribution in [0.3, 0.4) is 0 Å². The second kappa shape index (κ2) is 7.56. The van der Waals surface area contributed by atoms with Crippen LogP contribution in [0.1, 0.15) is 45.7 Å². The molecule has 144 valence electrons. The monoisotopic (exact) mass is 378 g/mol. The molecule has 0 saturated carbocycles. The lowest BCUT2D eigenvalue weighted by Gasteiger charge is -2.37. The zero-order chi connectivity index (χ0) is 19.7. The van der Waals surface area contributed by atoms with Crippen LogP contribution in [0.2, 0.25) is 0 Å². The van der Waals surface area contributed by atoms with Crippen molar-refractivity contribution < 1.29 is 19.1 Å². The summed E-state index contributed by atoms with van der Waals surface area (Å²) in [4.78, 5) is 40.6. The third-order valence-electron chi connectivity index (χ3n) is 5.21. The summed E-state index contributed by atoms with van der Waals surface area (Å²) in [6, 6.07) is 16.6. The van der Waals surface area contributed by atoms with Crippen molar-refractivity contribution in [1.29, 1.82) is 0 Å². The Hall–Kier alpha value is -2.99. The molecule has 1 fully saturated rings. The van der Waals surface area contributed by atoms with E-state index in [1.54, 1.807) is 29.2 Å². The van der Waals surface area contributed by atoms with E-state index in [9.17, 15) is 14.4 Å². The van der Waals surface area contributed by atoms with E-state index in [-0.39, 0.29) is 42.9 Å². The van der Waals surface area contributed by atoms with Crippen LogP contribution < -0.4 is 0 Å². The van der Waals surface area contributed by atoms with Gasteiger partial charge in [-0.05, 0) is 24.6 Å². The molecule has 2 unspecified atom stereocenters. The van der Waals surface area contributed by atoms with E-state index in [4.69, 9.17) is 4.74 Å². The SMILES string of the molecule is CC1CN(C(=O)CCN2C(=O)c3ccccc3C2=O)CC(c2ccccc2)O1. The summed E-state index contributed by atoms with van der Waals surface area (Å²) in [5.41, 5.74) is 1.85. The van der Waals surface area contributed by atoms with Gasteiger partial charge in [-0.3, -0.25) is 19.3 Å². The van der Waals surface area contributed by atoms with Gasteiger partial charge >= 0.3 is 0 Å². The molecule has 0 spiro atoms. The maximum Gasteiger partial charge on any atom is 0.261 e. The zero-order valence-corrected chi connectivity index (χ0v) is 15.7. The smallest absolute Gasteiger partial charge is 0.261 e. The molecule has 2 atom stereocenters. The topological polar surface area (TPSA) is 66.9 Å². The van der Waals surface area contributed by atoms with Gasteiger partial charge in [0.1, 0.15) is 6.10 Å². The summed E-state index contributed by atoms with van der Waals surface area (Å²) in [6.07, 6.45) is -0.143. The Balaban J connectivity index is 1.40. The van der Waals surface area contributed by atoms with E-state index in [0.717, 1.165) is 5.56 Å². The van der Waals surface area contributed by atoms with Gasteiger partial charge in [-0.15, -0.1) is 0 Å². The number of morpholine rings is 1. The van der Waals surface area contributed by atoms with Crippen molar-refractivity contribution in [2.24, 2.45) is 0 Å². The number of hydrogen-bond donors (Lipinski definition) is 0. The third-order valence-corrected chi connectivity index (χ3v) is 5.21. The highest BCUT2D eigenvalue weighted by molar-refractivity contribution is 6.21. The van der Waals surface area contributed by atoms with Crippen molar-refractivity contribution >= 4 is 17.7 Å². The van der Waals surface area contributed by atoms with E-state index < -0.39 is 0 Å². The molecule has 2 aliphatic heterocycles. The van der Waals surface area contributed by atoms with E-state index in [0.29, 0.717) is 24.2 Å². The highest BCUT2D eigenvalue weighted by atomic mass is 16.5. The first-order valence-corrected chi connectivity index (χ1v) is 9.48. The Morgan fingerprint density at radius 2 is 1.57 bits per heavy atom. The lowest BCUT2D eigenvalue weighted by Crippen LogP contribution is -2.47. The standard InChI is InChI=1S/C22H22N2O4/c1-15-13-23(14-19(28-15)16-7-3-2-4-8-16)20(25)11-12-24-21(26)17-9-5-6-10-18(17)22(24)27/h2-10,15,19H,11-14H2,1H3. The van der Waals surface area contributed by atoms with Gasteiger partial charge in [-0.25, -0.2) is 0 Å². The Labute approximate surface area is 163 Å². The number of nitrogens with zero attached hydrogens (tertiary/aromatic N) is 2. The average Bonchev–Trinajstić information content (AvgIpc) is 2.97. The first kappa shape index (κ1) is 18.4. The maximum absolute atomic E-state index is 12.8. The van der Waals surface area contributed by atoms with Crippen molar-refractivity contribution in [2.75, 3.05) is 19.6 Å². The second-order valence-corrected chi connectivity index (χ2v) is 7.20. The lowest BCUT2D eigenvalue weighted by atomic mass is 10.1. The van der Waals surface area contributed by atoms with Crippen LogP contribution >= 0.6 is 0 Å². The van der Waals surface area contributed by atoms with Crippen LogP contribution in [0.5, 0.6) is 0 Å². The van der Waals surface area contributed by atoms with Crippen LogP contribution in [0, 0.1) is 0 Å². The van der Waals surface area contributed by atoms with Crippen molar-refractivity contribution in [3.8, 4) is 0 Å². The molecule has 0 N–H and O–H groups in total. The fourth-order valence-corrected chi connectivity index (χ4v) is 3.81. The quantitative estimate of drug-likeness (QED) is 0.767. The number of carbonyl (C=O) groups is 3. The van der Waals surface area contributed by atoms with Crippen molar-refractivity contribution in [1.82, 2.24) is 9.80 Å². The molecule has 0 bridgehead atoms. The molecule has 6 nitrogen and oxygen atoms in total. The molecule has 0 aliphatic carbocycles. The van der Waals surface area contributed by atoms with Gasteiger partial charge in [0.15, 0.2) is 0 Å². The minimum Gasteiger partial charge on any atom is -0.367 e. The number of fused-ring (bicyclic) bond motifs is 1. The number of imide groups is 1. The van der Waals surface area contributed by atoms with Crippen LogP contribution in [0.15, 0.2) is 54.6 Å². The normalized spacial score (nSPS) is 21.8. The highest BCUT2D eigenvalue weighted by Gasteiger charge is 2.36. The van der Waals surface area contributed by atoms with E-state index in [2.05, 4.69) is 0 Å². The number of hydrogen-bond acceptors (Lipinski definition) is 4. The van der Waals surface area contributed by atoms with Gasteiger partial charge in [-0.2, -0.15) is 0 Å². The van der Waals surface area contributed by atoms with Crippen LogP contribution in [-0.2, 0) is 9.53 Å². The van der Waals surface area contributed by atoms with Gasteiger partial charge in [0.25, 0.3) is 11.8 Å². The predicted octanol–water partition coefficient (Wildman–Crippen LogP) is 2.66. The number of ether oxygens (including phenoxy) is 1.